The molecule has 2 heterocycles. The summed E-state index contributed by atoms with van der Waals surface area (Å²) in [6.07, 6.45) is 7.66. The third-order valence-electron chi connectivity index (χ3n) is 5.30. The van der Waals surface area contributed by atoms with Crippen molar-refractivity contribution in [2.24, 2.45) is 5.92 Å². The first-order valence-corrected chi connectivity index (χ1v) is 9.62. The Morgan fingerprint density at radius 1 is 1.19 bits per heavy atom. The van der Waals surface area contributed by atoms with Gasteiger partial charge in [-0.25, -0.2) is 0 Å². The highest BCUT2D eigenvalue weighted by atomic mass is 32.2. The van der Waals surface area contributed by atoms with Crippen molar-refractivity contribution < 1.29 is 0 Å². The smallest absolute Gasteiger partial charge is 0.0320 e. The normalized spacial score (nSPS) is 28.7. The van der Waals surface area contributed by atoms with Gasteiger partial charge in [0, 0.05) is 23.5 Å². The van der Waals surface area contributed by atoms with E-state index in [0.29, 0.717) is 6.04 Å². The van der Waals surface area contributed by atoms with Crippen molar-refractivity contribution in [3.8, 4) is 0 Å². The molecule has 3 heteroatoms. The maximum Gasteiger partial charge on any atom is 0.0320 e. The fourth-order valence-corrected chi connectivity index (χ4v) is 4.34. The van der Waals surface area contributed by atoms with Crippen LogP contribution in [0.15, 0.2) is 29.2 Å². The number of nitrogens with one attached hydrogen (secondary N) is 1. The van der Waals surface area contributed by atoms with Crippen LogP contribution in [-0.2, 0) is 0 Å². The Labute approximate surface area is 133 Å². The number of benzene rings is 1. The first-order valence-electron chi connectivity index (χ1n) is 8.39. The van der Waals surface area contributed by atoms with E-state index in [0.717, 1.165) is 12.0 Å². The Hall–Kier alpha value is -0.510. The third-order valence-corrected chi connectivity index (χ3v) is 6.05. The average Bonchev–Trinajstić information content (AvgIpc) is 3.09. The van der Waals surface area contributed by atoms with E-state index in [1.165, 1.54) is 55.8 Å². The van der Waals surface area contributed by atoms with Gasteiger partial charge in [-0.3, -0.25) is 4.90 Å². The van der Waals surface area contributed by atoms with Gasteiger partial charge >= 0.3 is 0 Å². The van der Waals surface area contributed by atoms with Crippen LogP contribution in [0.2, 0.25) is 0 Å². The Morgan fingerprint density at radius 2 is 2.00 bits per heavy atom. The van der Waals surface area contributed by atoms with E-state index in [1.54, 1.807) is 0 Å². The molecular formula is C18H28N2S. The first kappa shape index (κ1) is 15.4. The lowest BCUT2D eigenvalue weighted by molar-refractivity contribution is 0.115. The molecule has 21 heavy (non-hydrogen) atoms. The maximum absolute atomic E-state index is 3.71. The minimum atomic E-state index is 0.546. The van der Waals surface area contributed by atoms with E-state index in [-0.39, 0.29) is 0 Å². The van der Waals surface area contributed by atoms with Crippen molar-refractivity contribution >= 4 is 11.8 Å². The molecule has 0 bridgehead atoms. The zero-order valence-electron chi connectivity index (χ0n) is 13.3. The molecule has 0 radical (unpaired) electrons. The summed E-state index contributed by atoms with van der Waals surface area (Å²) in [4.78, 5) is 4.06. The van der Waals surface area contributed by atoms with E-state index in [1.807, 2.05) is 11.8 Å². The number of hydrogen-bond acceptors (Lipinski definition) is 3. The van der Waals surface area contributed by atoms with Gasteiger partial charge in [-0.2, -0.15) is 0 Å². The molecule has 0 amide bonds. The van der Waals surface area contributed by atoms with Crippen LogP contribution in [0.5, 0.6) is 0 Å². The highest BCUT2D eigenvalue weighted by molar-refractivity contribution is 7.98. The maximum atomic E-state index is 3.71. The number of rotatable bonds is 4. The molecule has 0 aliphatic carbocycles. The van der Waals surface area contributed by atoms with E-state index < -0.39 is 0 Å². The van der Waals surface area contributed by atoms with E-state index in [2.05, 4.69) is 47.7 Å². The number of nitrogens with zero attached hydrogens (tertiary/aromatic N) is 1. The topological polar surface area (TPSA) is 15.3 Å². The first-order chi connectivity index (χ1) is 10.3. The number of hydrogen-bond donors (Lipinski definition) is 1. The molecule has 3 unspecified atom stereocenters. The molecule has 2 fully saturated rings. The second kappa shape index (κ2) is 7.17. The predicted molar refractivity (Wildman–Crippen MR) is 92.0 cm³/mol. The zero-order valence-corrected chi connectivity index (χ0v) is 14.2. The highest BCUT2D eigenvalue weighted by Gasteiger charge is 2.30. The van der Waals surface area contributed by atoms with E-state index in [9.17, 15) is 0 Å². The summed E-state index contributed by atoms with van der Waals surface area (Å²) in [7, 11) is 0. The minimum absolute atomic E-state index is 0.546. The van der Waals surface area contributed by atoms with Crippen molar-refractivity contribution in [3.63, 3.8) is 0 Å². The molecule has 2 aliphatic heterocycles. The van der Waals surface area contributed by atoms with Crippen LogP contribution < -0.4 is 5.32 Å². The molecule has 1 aromatic rings. The summed E-state index contributed by atoms with van der Waals surface area (Å²) in [6.45, 7) is 6.13. The van der Waals surface area contributed by atoms with Crippen LogP contribution >= 0.6 is 11.8 Å². The number of piperidine rings is 1. The molecule has 3 rings (SSSR count). The molecule has 3 atom stereocenters. The fourth-order valence-electron chi connectivity index (χ4n) is 3.93. The van der Waals surface area contributed by atoms with Crippen molar-refractivity contribution in [2.75, 3.05) is 25.9 Å². The minimum Gasteiger partial charge on any atom is -0.314 e. The monoisotopic (exact) mass is 304 g/mol. The van der Waals surface area contributed by atoms with Crippen molar-refractivity contribution in [2.45, 2.75) is 49.6 Å². The Bertz CT molecular complexity index is 439. The Kier molecular flexibility index (Phi) is 5.25. The van der Waals surface area contributed by atoms with Crippen LogP contribution in [0.25, 0.3) is 0 Å². The highest BCUT2D eigenvalue weighted by Crippen LogP contribution is 2.30. The summed E-state index contributed by atoms with van der Waals surface area (Å²) < 4.78 is 0. The van der Waals surface area contributed by atoms with Gasteiger partial charge in [0.1, 0.15) is 0 Å². The van der Waals surface area contributed by atoms with E-state index in [4.69, 9.17) is 0 Å². The van der Waals surface area contributed by atoms with Gasteiger partial charge in [0.2, 0.25) is 0 Å². The molecule has 2 aliphatic rings. The zero-order chi connectivity index (χ0) is 14.7. The molecule has 116 valence electrons. The largest absolute Gasteiger partial charge is 0.314 e. The van der Waals surface area contributed by atoms with Gasteiger partial charge in [-0.15, -0.1) is 11.8 Å². The second-order valence-electron chi connectivity index (χ2n) is 6.55. The van der Waals surface area contributed by atoms with Gasteiger partial charge in [0.25, 0.3) is 0 Å². The summed E-state index contributed by atoms with van der Waals surface area (Å²) in [5, 5.41) is 3.71. The lowest BCUT2D eigenvalue weighted by Crippen LogP contribution is -2.44. The van der Waals surface area contributed by atoms with Gasteiger partial charge in [-0.1, -0.05) is 12.1 Å². The van der Waals surface area contributed by atoms with Crippen molar-refractivity contribution in [1.82, 2.24) is 10.2 Å². The van der Waals surface area contributed by atoms with E-state index >= 15 is 0 Å². The molecule has 2 saturated heterocycles. The van der Waals surface area contributed by atoms with Gasteiger partial charge in [-0.05, 0) is 75.6 Å². The quantitative estimate of drug-likeness (QED) is 0.848. The fraction of sp³-hybridized carbons (Fsp3) is 0.667. The Balaban J connectivity index is 1.64. The standard InChI is InChI=1S/C18H28N2S/c1-14(15-7-9-17(21-2)10-8-15)20-12-4-5-16(13-20)18-6-3-11-19-18/h7-10,14,16,18-19H,3-6,11-13H2,1-2H3. The summed E-state index contributed by atoms with van der Waals surface area (Å²) in [5.41, 5.74) is 1.47. The van der Waals surface area contributed by atoms with Crippen molar-refractivity contribution in [3.05, 3.63) is 29.8 Å². The second-order valence-corrected chi connectivity index (χ2v) is 7.43. The van der Waals surface area contributed by atoms with Gasteiger partial charge in [0.05, 0.1) is 0 Å². The summed E-state index contributed by atoms with van der Waals surface area (Å²) >= 11 is 1.82. The van der Waals surface area contributed by atoms with Crippen molar-refractivity contribution in [1.29, 1.82) is 0 Å². The molecule has 0 saturated carbocycles. The Morgan fingerprint density at radius 3 is 2.67 bits per heavy atom. The van der Waals surface area contributed by atoms with Crippen LogP contribution in [-0.4, -0.2) is 36.8 Å². The summed E-state index contributed by atoms with van der Waals surface area (Å²) in [6, 6.07) is 10.5. The number of thioether (sulfide) groups is 1. The lowest BCUT2D eigenvalue weighted by atomic mass is 9.88. The summed E-state index contributed by atoms with van der Waals surface area (Å²) in [5.74, 6) is 0.856. The molecule has 0 aromatic heterocycles. The number of likely N-dealkylation sites (tertiary alicyclic amines) is 1. The SMILES string of the molecule is CSc1ccc(C(C)N2CCCC(C3CCCN3)C2)cc1. The molecule has 1 N–H and O–H groups in total. The molecule has 0 spiro atoms. The predicted octanol–water partition coefficient (Wildman–Crippen LogP) is 3.93. The lowest BCUT2D eigenvalue weighted by Gasteiger charge is -2.39. The molecular weight excluding hydrogens is 276 g/mol. The van der Waals surface area contributed by atoms with Gasteiger partial charge < -0.3 is 5.32 Å². The third kappa shape index (κ3) is 3.64. The van der Waals surface area contributed by atoms with Crippen LogP contribution in [0, 0.1) is 5.92 Å². The molecule has 2 nitrogen and oxygen atoms in total. The molecule has 1 aromatic carbocycles. The van der Waals surface area contributed by atoms with Crippen LogP contribution in [0.1, 0.15) is 44.2 Å². The van der Waals surface area contributed by atoms with Gasteiger partial charge in [0.15, 0.2) is 0 Å². The average molecular weight is 305 g/mol. The van der Waals surface area contributed by atoms with Crippen LogP contribution in [0.4, 0.5) is 0 Å². The van der Waals surface area contributed by atoms with Crippen LogP contribution in [0.3, 0.4) is 0 Å².